The SMILES string of the molecule is Cc1cc(N)ccc1S(=O)CC(=O)N1CCN(C)CC1. The van der Waals surface area contributed by atoms with Gasteiger partial charge in [0.2, 0.25) is 5.91 Å². The second-order valence-corrected chi connectivity index (χ2v) is 6.62. The van der Waals surface area contributed by atoms with Gasteiger partial charge in [-0.2, -0.15) is 0 Å². The summed E-state index contributed by atoms with van der Waals surface area (Å²) in [7, 11) is 0.735. The fourth-order valence-electron chi connectivity index (χ4n) is 2.27. The third kappa shape index (κ3) is 3.58. The average molecular weight is 295 g/mol. The van der Waals surface area contributed by atoms with Crippen LogP contribution in [0.25, 0.3) is 0 Å². The molecule has 0 radical (unpaired) electrons. The Morgan fingerprint density at radius 3 is 2.55 bits per heavy atom. The molecule has 1 aromatic carbocycles. The number of hydrogen-bond donors (Lipinski definition) is 1. The van der Waals surface area contributed by atoms with Crippen LogP contribution < -0.4 is 5.73 Å². The normalized spacial score (nSPS) is 18.0. The van der Waals surface area contributed by atoms with Crippen molar-refractivity contribution in [2.45, 2.75) is 11.8 Å². The maximum absolute atomic E-state index is 12.3. The van der Waals surface area contributed by atoms with Crippen molar-refractivity contribution in [3.63, 3.8) is 0 Å². The fourth-order valence-corrected chi connectivity index (χ4v) is 3.47. The molecular formula is C14H21N3O2S. The third-order valence-corrected chi connectivity index (χ3v) is 5.01. The first-order valence-corrected chi connectivity index (χ1v) is 8.00. The van der Waals surface area contributed by atoms with Gasteiger partial charge in [-0.05, 0) is 37.7 Å². The molecule has 0 saturated carbocycles. The number of nitrogens with zero attached hydrogens (tertiary/aromatic N) is 2. The summed E-state index contributed by atoms with van der Waals surface area (Å²) in [6.45, 7) is 5.04. The van der Waals surface area contributed by atoms with Crippen LogP contribution in [0.5, 0.6) is 0 Å². The van der Waals surface area contributed by atoms with Gasteiger partial charge in [-0.25, -0.2) is 0 Å². The molecule has 0 spiro atoms. The van der Waals surface area contributed by atoms with E-state index in [0.29, 0.717) is 23.7 Å². The van der Waals surface area contributed by atoms with Crippen LogP contribution in [-0.2, 0) is 15.6 Å². The molecule has 1 amide bonds. The molecule has 0 aromatic heterocycles. The molecule has 1 aliphatic rings. The summed E-state index contributed by atoms with van der Waals surface area (Å²) in [6.07, 6.45) is 0. The number of amides is 1. The second kappa shape index (κ2) is 6.37. The molecule has 1 heterocycles. The monoisotopic (exact) mass is 295 g/mol. The molecule has 110 valence electrons. The molecule has 1 atom stereocenters. The van der Waals surface area contributed by atoms with E-state index in [1.807, 2.05) is 14.0 Å². The van der Waals surface area contributed by atoms with Crippen molar-refractivity contribution in [2.24, 2.45) is 0 Å². The number of benzene rings is 1. The van der Waals surface area contributed by atoms with Crippen LogP contribution in [0.2, 0.25) is 0 Å². The number of likely N-dealkylation sites (N-methyl/N-ethyl adjacent to an activating group) is 1. The largest absolute Gasteiger partial charge is 0.399 e. The summed E-state index contributed by atoms with van der Waals surface area (Å²) in [6, 6.07) is 5.26. The zero-order chi connectivity index (χ0) is 14.7. The summed E-state index contributed by atoms with van der Waals surface area (Å²) < 4.78 is 12.3. The molecular weight excluding hydrogens is 274 g/mol. The van der Waals surface area contributed by atoms with Crippen molar-refractivity contribution < 1.29 is 9.00 Å². The maximum atomic E-state index is 12.3. The van der Waals surface area contributed by atoms with Crippen molar-refractivity contribution >= 4 is 22.4 Å². The predicted octanol–water partition coefficient (Wildman–Crippen LogP) is 0.459. The van der Waals surface area contributed by atoms with Gasteiger partial charge in [-0.1, -0.05) is 0 Å². The van der Waals surface area contributed by atoms with E-state index in [0.717, 1.165) is 18.7 Å². The topological polar surface area (TPSA) is 66.6 Å². The molecule has 1 aromatic rings. The van der Waals surface area contributed by atoms with Crippen molar-refractivity contribution in [3.05, 3.63) is 23.8 Å². The first-order chi connectivity index (χ1) is 9.47. The number of anilines is 1. The van der Waals surface area contributed by atoms with Gasteiger partial charge in [0.25, 0.3) is 0 Å². The van der Waals surface area contributed by atoms with Crippen LogP contribution in [-0.4, -0.2) is 58.9 Å². The number of nitrogen functional groups attached to an aromatic ring is 1. The van der Waals surface area contributed by atoms with E-state index in [1.54, 1.807) is 23.1 Å². The zero-order valence-electron chi connectivity index (χ0n) is 12.0. The van der Waals surface area contributed by atoms with Crippen LogP contribution in [0.4, 0.5) is 5.69 Å². The van der Waals surface area contributed by atoms with E-state index in [2.05, 4.69) is 4.90 Å². The highest BCUT2D eigenvalue weighted by Gasteiger charge is 2.21. The molecule has 0 bridgehead atoms. The quantitative estimate of drug-likeness (QED) is 0.823. The lowest BCUT2D eigenvalue weighted by Gasteiger charge is -2.32. The number of rotatable bonds is 3. The van der Waals surface area contributed by atoms with E-state index in [4.69, 9.17) is 5.73 Å². The second-order valence-electron chi connectivity index (χ2n) is 5.20. The van der Waals surface area contributed by atoms with Crippen molar-refractivity contribution in [1.82, 2.24) is 9.80 Å². The number of hydrogen-bond acceptors (Lipinski definition) is 4. The molecule has 1 aliphatic heterocycles. The smallest absolute Gasteiger partial charge is 0.235 e. The van der Waals surface area contributed by atoms with Gasteiger partial charge in [-0.15, -0.1) is 0 Å². The molecule has 6 heteroatoms. The molecule has 5 nitrogen and oxygen atoms in total. The van der Waals surface area contributed by atoms with Crippen molar-refractivity contribution in [2.75, 3.05) is 44.7 Å². The molecule has 2 rings (SSSR count). The number of aryl methyl sites for hydroxylation is 1. The number of carbonyl (C=O) groups excluding carboxylic acids is 1. The Balaban J connectivity index is 1.99. The van der Waals surface area contributed by atoms with E-state index < -0.39 is 10.8 Å². The Morgan fingerprint density at radius 2 is 1.95 bits per heavy atom. The minimum Gasteiger partial charge on any atom is -0.399 e. The van der Waals surface area contributed by atoms with Crippen LogP contribution in [0.15, 0.2) is 23.1 Å². The Kier molecular flexibility index (Phi) is 4.77. The van der Waals surface area contributed by atoms with Crippen LogP contribution in [0, 0.1) is 6.92 Å². The molecule has 0 aliphatic carbocycles. The first-order valence-electron chi connectivity index (χ1n) is 6.68. The fraction of sp³-hybridized carbons (Fsp3) is 0.500. The summed E-state index contributed by atoms with van der Waals surface area (Å²) in [4.78, 5) is 16.8. The molecule has 1 saturated heterocycles. The van der Waals surface area contributed by atoms with Crippen molar-refractivity contribution in [3.8, 4) is 0 Å². The molecule has 20 heavy (non-hydrogen) atoms. The van der Waals surface area contributed by atoms with Crippen LogP contribution in [0.3, 0.4) is 0 Å². The first kappa shape index (κ1) is 15.0. The average Bonchev–Trinajstić information content (AvgIpc) is 2.39. The highest BCUT2D eigenvalue weighted by Crippen LogP contribution is 2.17. The molecule has 1 unspecified atom stereocenters. The Morgan fingerprint density at radius 1 is 1.30 bits per heavy atom. The number of nitrogens with two attached hydrogens (primary N) is 1. The van der Waals surface area contributed by atoms with Gasteiger partial charge in [0.15, 0.2) is 0 Å². The lowest BCUT2D eigenvalue weighted by Crippen LogP contribution is -2.48. The Bertz CT molecular complexity index is 525. The van der Waals surface area contributed by atoms with Gasteiger partial charge < -0.3 is 15.5 Å². The Hall–Kier alpha value is -1.40. The lowest BCUT2D eigenvalue weighted by molar-refractivity contribution is -0.129. The molecule has 2 N–H and O–H groups in total. The predicted molar refractivity (Wildman–Crippen MR) is 80.9 cm³/mol. The number of piperazine rings is 1. The van der Waals surface area contributed by atoms with E-state index >= 15 is 0 Å². The van der Waals surface area contributed by atoms with E-state index in [9.17, 15) is 9.00 Å². The van der Waals surface area contributed by atoms with Gasteiger partial charge in [0.1, 0.15) is 5.75 Å². The summed E-state index contributed by atoms with van der Waals surface area (Å²) in [5.41, 5.74) is 7.20. The highest BCUT2D eigenvalue weighted by molar-refractivity contribution is 7.85. The van der Waals surface area contributed by atoms with Gasteiger partial charge >= 0.3 is 0 Å². The van der Waals surface area contributed by atoms with Crippen LogP contribution >= 0.6 is 0 Å². The Labute approximate surface area is 122 Å². The van der Waals surface area contributed by atoms with E-state index in [-0.39, 0.29) is 11.7 Å². The summed E-state index contributed by atoms with van der Waals surface area (Å²) in [5.74, 6) is 0.0155. The summed E-state index contributed by atoms with van der Waals surface area (Å²) in [5, 5.41) is 0. The maximum Gasteiger partial charge on any atom is 0.235 e. The summed E-state index contributed by atoms with van der Waals surface area (Å²) >= 11 is 0. The van der Waals surface area contributed by atoms with Crippen molar-refractivity contribution in [1.29, 1.82) is 0 Å². The highest BCUT2D eigenvalue weighted by atomic mass is 32.2. The minimum absolute atomic E-state index is 0.0346. The van der Waals surface area contributed by atoms with Gasteiger partial charge in [-0.3, -0.25) is 9.00 Å². The molecule has 1 fully saturated rings. The third-order valence-electron chi connectivity index (χ3n) is 3.55. The standard InChI is InChI=1S/C14H21N3O2S/c1-11-9-12(15)3-4-13(11)20(19)10-14(18)17-7-5-16(2)6-8-17/h3-4,9H,5-8,10,15H2,1-2H3. The van der Waals surface area contributed by atoms with Crippen LogP contribution in [0.1, 0.15) is 5.56 Å². The number of carbonyl (C=O) groups is 1. The van der Waals surface area contributed by atoms with Gasteiger partial charge in [0.05, 0.1) is 10.8 Å². The van der Waals surface area contributed by atoms with Gasteiger partial charge in [0, 0.05) is 36.8 Å². The lowest BCUT2D eigenvalue weighted by atomic mass is 10.2. The zero-order valence-corrected chi connectivity index (χ0v) is 12.8. The van der Waals surface area contributed by atoms with E-state index in [1.165, 1.54) is 0 Å². The minimum atomic E-state index is -1.30.